The van der Waals surface area contributed by atoms with Gasteiger partial charge in [-0.2, -0.15) is 0 Å². The molecule has 0 aliphatic rings. The van der Waals surface area contributed by atoms with Crippen molar-refractivity contribution in [3.8, 4) is 28.7 Å². The molecule has 0 atom stereocenters. The summed E-state index contributed by atoms with van der Waals surface area (Å²) in [6.45, 7) is 8.13. The zero-order valence-electron chi connectivity index (χ0n) is 29.2. The number of carbonyl (C=O) groups is 4. The van der Waals surface area contributed by atoms with Crippen LogP contribution in [0.3, 0.4) is 0 Å². The smallest absolute Gasteiger partial charge is 0.336 e. The lowest BCUT2D eigenvalue weighted by molar-refractivity contribution is -0.138. The van der Waals surface area contributed by atoms with Crippen molar-refractivity contribution in [3.63, 3.8) is 0 Å². The molecule has 0 aromatic heterocycles. The Hall–Kier alpha value is -5.75. The Morgan fingerprint density at radius 1 is 0.596 bits per heavy atom. The summed E-state index contributed by atoms with van der Waals surface area (Å²) in [5, 5.41) is -0.192. The van der Waals surface area contributed by atoms with Crippen LogP contribution in [0.25, 0.3) is 12.2 Å². The van der Waals surface area contributed by atoms with Crippen molar-refractivity contribution >= 4 is 46.9 Å². The predicted octanol–water partition coefficient (Wildman–Crippen LogP) is 7.43. The van der Waals surface area contributed by atoms with Crippen LogP contribution in [0, 0.1) is 0 Å². The van der Waals surface area contributed by atoms with E-state index in [1.165, 1.54) is 26.4 Å². The number of benzene rings is 3. The van der Waals surface area contributed by atoms with Gasteiger partial charge in [-0.1, -0.05) is 31.4 Å². The van der Waals surface area contributed by atoms with Gasteiger partial charge in [-0.3, -0.25) is 4.79 Å². The fourth-order valence-electron chi connectivity index (χ4n) is 4.25. The van der Waals surface area contributed by atoms with Crippen LogP contribution in [0.2, 0.25) is 0 Å². The van der Waals surface area contributed by atoms with Gasteiger partial charge < -0.3 is 33.2 Å². The summed E-state index contributed by atoms with van der Waals surface area (Å²) in [5.41, 5.74) is 1.46. The van der Waals surface area contributed by atoms with Crippen molar-refractivity contribution in [1.82, 2.24) is 0 Å². The van der Waals surface area contributed by atoms with E-state index in [1.54, 1.807) is 66.7 Å². The molecule has 52 heavy (non-hydrogen) atoms. The zero-order chi connectivity index (χ0) is 37.6. The minimum atomic E-state index is -0.575. The normalized spacial score (nSPS) is 10.7. The molecule has 11 nitrogen and oxygen atoms in total. The maximum absolute atomic E-state index is 12.6. The van der Waals surface area contributed by atoms with E-state index in [4.69, 9.17) is 33.2 Å². The van der Waals surface area contributed by atoms with Crippen LogP contribution in [0.4, 0.5) is 0 Å². The van der Waals surface area contributed by atoms with Crippen molar-refractivity contribution < 1.29 is 52.3 Å². The van der Waals surface area contributed by atoms with Crippen LogP contribution < -0.4 is 23.7 Å². The van der Waals surface area contributed by atoms with Gasteiger partial charge in [0.05, 0.1) is 40.6 Å². The lowest BCUT2D eigenvalue weighted by Gasteiger charge is -2.11. The Kier molecular flexibility index (Phi) is 17.9. The first-order valence-electron chi connectivity index (χ1n) is 16.3. The van der Waals surface area contributed by atoms with Crippen LogP contribution in [0.5, 0.6) is 28.7 Å². The Labute approximate surface area is 307 Å². The first kappa shape index (κ1) is 40.7. The topological polar surface area (TPSA) is 133 Å². The molecule has 0 amide bonds. The molecule has 0 radical (unpaired) electrons. The first-order valence-corrected chi connectivity index (χ1v) is 17.2. The SMILES string of the molecule is C=CC(=O)OCCCCOc1ccc(C=CC(=O)Oc2ccc(SC(=O)C=Cc3ccc(OCCCCOC(=O)C=C)c(OC)c3)cc2)cc1OC. The molecule has 0 spiro atoms. The Morgan fingerprint density at radius 3 is 1.56 bits per heavy atom. The molecule has 274 valence electrons. The van der Waals surface area contributed by atoms with Crippen LogP contribution in [0.15, 0.2) is 103 Å². The molecule has 12 heteroatoms. The number of esters is 3. The molecule has 0 unspecified atom stereocenters. The summed E-state index contributed by atoms with van der Waals surface area (Å²) in [6.07, 6.45) is 11.0. The van der Waals surface area contributed by atoms with Gasteiger partial charge in [0, 0.05) is 23.1 Å². The van der Waals surface area contributed by atoms with Crippen LogP contribution in [0.1, 0.15) is 36.8 Å². The number of methoxy groups -OCH3 is 2. The zero-order valence-corrected chi connectivity index (χ0v) is 30.0. The molecule has 0 aliphatic heterocycles. The maximum atomic E-state index is 12.6. The summed E-state index contributed by atoms with van der Waals surface area (Å²) >= 11 is 1.03. The molecule has 0 aliphatic carbocycles. The van der Waals surface area contributed by atoms with Gasteiger partial charge in [0.25, 0.3) is 0 Å². The molecule has 0 bridgehead atoms. The number of thioether (sulfide) groups is 1. The highest BCUT2D eigenvalue weighted by Crippen LogP contribution is 2.30. The second-order valence-corrected chi connectivity index (χ2v) is 11.7. The van der Waals surface area contributed by atoms with E-state index in [0.717, 1.165) is 29.5 Å². The second kappa shape index (κ2) is 22.9. The molecular formula is C40H42O11S. The van der Waals surface area contributed by atoms with E-state index in [9.17, 15) is 19.2 Å². The first-order chi connectivity index (χ1) is 25.2. The van der Waals surface area contributed by atoms with Gasteiger partial charge >= 0.3 is 17.9 Å². The number of carbonyl (C=O) groups excluding carboxylic acids is 4. The predicted molar refractivity (Wildman–Crippen MR) is 199 cm³/mol. The molecule has 0 fully saturated rings. The van der Waals surface area contributed by atoms with E-state index >= 15 is 0 Å². The minimum absolute atomic E-state index is 0.192. The number of rotatable bonds is 22. The fraction of sp³-hybridized carbons (Fsp3) is 0.250. The lowest BCUT2D eigenvalue weighted by Crippen LogP contribution is -2.05. The molecule has 0 saturated carbocycles. The Morgan fingerprint density at radius 2 is 1.08 bits per heavy atom. The Balaban J connectivity index is 1.43. The van der Waals surface area contributed by atoms with Gasteiger partial charge in [-0.05, 0) is 109 Å². The summed E-state index contributed by atoms with van der Waals surface area (Å²) in [4.78, 5) is 47.9. The lowest BCUT2D eigenvalue weighted by atomic mass is 10.2. The summed E-state index contributed by atoms with van der Waals surface area (Å²) in [6, 6.07) is 17.2. The van der Waals surface area contributed by atoms with Crippen LogP contribution >= 0.6 is 11.8 Å². The highest BCUT2D eigenvalue weighted by atomic mass is 32.2. The van der Waals surface area contributed by atoms with Gasteiger partial charge in [0.1, 0.15) is 5.75 Å². The van der Waals surface area contributed by atoms with Crippen molar-refractivity contribution in [1.29, 1.82) is 0 Å². The quantitative estimate of drug-likeness (QED) is 0.0335. The summed E-state index contributed by atoms with van der Waals surface area (Å²) < 4.78 is 37.7. The van der Waals surface area contributed by atoms with Crippen molar-refractivity contribution in [3.05, 3.63) is 109 Å². The molecular weight excluding hydrogens is 688 g/mol. The van der Waals surface area contributed by atoms with Gasteiger partial charge in [0.2, 0.25) is 5.12 Å². The third-order valence-corrected chi connectivity index (χ3v) is 7.72. The third kappa shape index (κ3) is 15.0. The van der Waals surface area contributed by atoms with E-state index < -0.39 is 17.9 Å². The van der Waals surface area contributed by atoms with Crippen molar-refractivity contribution in [2.24, 2.45) is 0 Å². The molecule has 3 aromatic carbocycles. The van der Waals surface area contributed by atoms with E-state index in [2.05, 4.69) is 13.2 Å². The van der Waals surface area contributed by atoms with Gasteiger partial charge in [0.15, 0.2) is 23.0 Å². The highest BCUT2D eigenvalue weighted by Gasteiger charge is 2.09. The molecule has 3 rings (SSSR count). The maximum Gasteiger partial charge on any atom is 0.336 e. The number of ether oxygens (including phenoxy) is 7. The molecule has 0 heterocycles. The number of hydrogen-bond donors (Lipinski definition) is 0. The third-order valence-electron chi connectivity index (χ3n) is 6.87. The van der Waals surface area contributed by atoms with Crippen LogP contribution in [-0.2, 0) is 28.7 Å². The second-order valence-electron chi connectivity index (χ2n) is 10.7. The van der Waals surface area contributed by atoms with Crippen LogP contribution in [-0.4, -0.2) is 63.7 Å². The van der Waals surface area contributed by atoms with Gasteiger partial charge in [-0.15, -0.1) is 0 Å². The standard InChI is InChI=1S/C40H42O11S/c1-5-37(41)49-25-9-7-23-47-33-19-11-29(27-35(33)45-3)13-21-39(43)51-31-15-17-32(18-16-31)52-40(44)22-14-30-12-20-34(36(28-30)46-4)48-24-8-10-26-50-38(42)6-2/h5-6,11-22,27-28H,1-2,7-10,23-26H2,3-4H3. The van der Waals surface area contributed by atoms with Crippen molar-refractivity contribution in [2.45, 2.75) is 30.6 Å². The molecule has 3 aromatic rings. The average Bonchev–Trinajstić information content (AvgIpc) is 3.16. The Bertz CT molecular complexity index is 1600. The largest absolute Gasteiger partial charge is 0.493 e. The average molecular weight is 731 g/mol. The minimum Gasteiger partial charge on any atom is -0.493 e. The summed E-state index contributed by atoms with van der Waals surface area (Å²) in [5.74, 6) is 0.994. The van der Waals surface area contributed by atoms with Crippen molar-refractivity contribution in [2.75, 3.05) is 40.6 Å². The monoisotopic (exact) mass is 730 g/mol. The molecule has 0 saturated heterocycles. The number of unbranched alkanes of at least 4 members (excludes halogenated alkanes) is 2. The number of hydrogen-bond acceptors (Lipinski definition) is 12. The van der Waals surface area contributed by atoms with E-state index in [1.807, 2.05) is 6.07 Å². The highest BCUT2D eigenvalue weighted by molar-refractivity contribution is 8.14. The summed E-state index contributed by atoms with van der Waals surface area (Å²) in [7, 11) is 3.06. The molecule has 0 N–H and O–H groups in total. The van der Waals surface area contributed by atoms with Gasteiger partial charge in [-0.25, -0.2) is 14.4 Å². The van der Waals surface area contributed by atoms with E-state index in [0.29, 0.717) is 91.3 Å². The van der Waals surface area contributed by atoms with E-state index in [-0.39, 0.29) is 5.12 Å². The fourth-order valence-corrected chi connectivity index (χ4v) is 4.90.